The van der Waals surface area contributed by atoms with Crippen molar-refractivity contribution in [3.8, 4) is 0 Å². The molecule has 1 aromatic rings. The molecule has 0 aliphatic heterocycles. The van der Waals surface area contributed by atoms with E-state index in [9.17, 15) is 13.2 Å². The zero-order valence-corrected chi connectivity index (χ0v) is 12.3. The zero-order chi connectivity index (χ0) is 15.0. The lowest BCUT2D eigenvalue weighted by Crippen LogP contribution is -2.49. The molecular weight excluding hydrogens is 263 g/mol. The van der Waals surface area contributed by atoms with Crippen molar-refractivity contribution in [2.45, 2.75) is 57.2 Å². The topological polar surface area (TPSA) is 12.0 Å². The quantitative estimate of drug-likeness (QED) is 0.861. The zero-order valence-electron chi connectivity index (χ0n) is 12.3. The largest absolute Gasteiger partial charge is 0.416 e. The van der Waals surface area contributed by atoms with Crippen molar-refractivity contribution in [3.05, 3.63) is 35.4 Å². The summed E-state index contributed by atoms with van der Waals surface area (Å²) in [6.45, 7) is 6.96. The van der Waals surface area contributed by atoms with E-state index >= 15 is 0 Å². The first-order valence-corrected chi connectivity index (χ1v) is 7.05. The Morgan fingerprint density at radius 2 is 1.80 bits per heavy atom. The Hall–Kier alpha value is -1.03. The first-order valence-electron chi connectivity index (χ1n) is 7.05. The molecule has 4 heteroatoms. The van der Waals surface area contributed by atoms with Crippen LogP contribution in [0.3, 0.4) is 0 Å². The molecule has 1 fully saturated rings. The fraction of sp³-hybridized carbons (Fsp3) is 0.625. The molecule has 0 amide bonds. The first-order chi connectivity index (χ1) is 9.12. The lowest BCUT2D eigenvalue weighted by molar-refractivity contribution is -0.137. The predicted octanol–water partition coefficient (Wildman–Crippen LogP) is 4.52. The maximum absolute atomic E-state index is 12.8. The molecule has 0 unspecified atom stereocenters. The number of halogens is 3. The lowest BCUT2D eigenvalue weighted by atomic mass is 9.64. The first kappa shape index (κ1) is 15.4. The molecule has 1 saturated carbocycles. The van der Waals surface area contributed by atoms with Crippen LogP contribution in [0.2, 0.25) is 0 Å². The minimum Gasteiger partial charge on any atom is -0.311 e. The van der Waals surface area contributed by atoms with Gasteiger partial charge in [-0.05, 0) is 45.2 Å². The molecule has 1 N–H and O–H groups in total. The highest BCUT2D eigenvalue weighted by Crippen LogP contribution is 2.44. The van der Waals surface area contributed by atoms with Crippen LogP contribution in [0.5, 0.6) is 0 Å². The van der Waals surface area contributed by atoms with Crippen LogP contribution in [0.4, 0.5) is 13.2 Å². The van der Waals surface area contributed by atoms with Crippen LogP contribution >= 0.6 is 0 Å². The second kappa shape index (κ2) is 5.06. The number of rotatable bonds is 3. The van der Waals surface area contributed by atoms with E-state index in [1.54, 1.807) is 0 Å². The number of hydrogen-bond acceptors (Lipinski definition) is 1. The van der Waals surface area contributed by atoms with Crippen molar-refractivity contribution in [2.24, 2.45) is 0 Å². The molecule has 0 atom stereocenters. The third kappa shape index (κ3) is 3.35. The van der Waals surface area contributed by atoms with Gasteiger partial charge >= 0.3 is 6.18 Å². The molecule has 0 heterocycles. The molecule has 1 aliphatic carbocycles. The van der Waals surface area contributed by atoms with Crippen LogP contribution in [0.15, 0.2) is 24.3 Å². The molecule has 112 valence electrons. The molecule has 0 saturated heterocycles. The standard InChI is InChI=1S/C16H22F3N/c1-14(2,3)20-11-15(8-5-9-15)12-6-4-7-13(10-12)16(17,18)19/h4,6-7,10,20H,5,8-9,11H2,1-3H3. The van der Waals surface area contributed by atoms with Gasteiger partial charge in [-0.3, -0.25) is 0 Å². The van der Waals surface area contributed by atoms with Gasteiger partial charge in [0.05, 0.1) is 5.56 Å². The minimum absolute atomic E-state index is 0.0236. The van der Waals surface area contributed by atoms with E-state index < -0.39 is 11.7 Å². The summed E-state index contributed by atoms with van der Waals surface area (Å²) < 4.78 is 38.5. The van der Waals surface area contributed by atoms with E-state index in [2.05, 4.69) is 26.1 Å². The van der Waals surface area contributed by atoms with Gasteiger partial charge in [0.15, 0.2) is 0 Å². The molecule has 0 spiro atoms. The molecule has 20 heavy (non-hydrogen) atoms. The van der Waals surface area contributed by atoms with Gasteiger partial charge in [0.2, 0.25) is 0 Å². The SMILES string of the molecule is CC(C)(C)NCC1(c2cccc(C(F)(F)F)c2)CCC1. The van der Waals surface area contributed by atoms with E-state index in [0.29, 0.717) is 0 Å². The van der Waals surface area contributed by atoms with E-state index in [1.165, 1.54) is 12.1 Å². The molecule has 2 rings (SSSR count). The summed E-state index contributed by atoms with van der Waals surface area (Å²) in [7, 11) is 0. The molecule has 0 bridgehead atoms. The molecule has 1 aliphatic rings. The van der Waals surface area contributed by atoms with Crippen LogP contribution in [-0.2, 0) is 11.6 Å². The van der Waals surface area contributed by atoms with Crippen molar-refractivity contribution < 1.29 is 13.2 Å². The Kier molecular flexibility index (Phi) is 3.89. The lowest BCUT2D eigenvalue weighted by Gasteiger charge is -2.44. The summed E-state index contributed by atoms with van der Waals surface area (Å²) in [5.74, 6) is 0. The molecule has 1 aromatic carbocycles. The summed E-state index contributed by atoms with van der Waals surface area (Å²) in [5, 5.41) is 3.44. The Balaban J connectivity index is 2.23. The monoisotopic (exact) mass is 285 g/mol. The van der Waals surface area contributed by atoms with E-state index in [1.807, 2.05) is 6.07 Å². The Morgan fingerprint density at radius 1 is 1.15 bits per heavy atom. The van der Waals surface area contributed by atoms with Crippen molar-refractivity contribution in [3.63, 3.8) is 0 Å². The highest BCUT2D eigenvalue weighted by atomic mass is 19.4. The van der Waals surface area contributed by atoms with Gasteiger partial charge in [-0.25, -0.2) is 0 Å². The van der Waals surface area contributed by atoms with Crippen LogP contribution < -0.4 is 5.32 Å². The Bertz CT molecular complexity index is 467. The number of alkyl halides is 3. The Labute approximate surface area is 118 Å². The van der Waals surface area contributed by atoms with Crippen LogP contribution in [0.25, 0.3) is 0 Å². The fourth-order valence-electron chi connectivity index (χ4n) is 2.63. The summed E-state index contributed by atoms with van der Waals surface area (Å²) in [6.07, 6.45) is -1.27. The normalized spacial score (nSPS) is 18.7. The van der Waals surface area contributed by atoms with Gasteiger partial charge in [0.25, 0.3) is 0 Å². The summed E-state index contributed by atoms with van der Waals surface area (Å²) >= 11 is 0. The van der Waals surface area contributed by atoms with Gasteiger partial charge < -0.3 is 5.32 Å². The van der Waals surface area contributed by atoms with Crippen molar-refractivity contribution in [2.75, 3.05) is 6.54 Å². The number of hydrogen-bond donors (Lipinski definition) is 1. The van der Waals surface area contributed by atoms with Crippen LogP contribution in [0.1, 0.15) is 51.2 Å². The van der Waals surface area contributed by atoms with Gasteiger partial charge in [0.1, 0.15) is 0 Å². The molecular formula is C16H22F3N. The predicted molar refractivity (Wildman–Crippen MR) is 74.7 cm³/mol. The van der Waals surface area contributed by atoms with Crippen molar-refractivity contribution >= 4 is 0 Å². The summed E-state index contributed by atoms with van der Waals surface area (Å²) in [4.78, 5) is 0. The smallest absolute Gasteiger partial charge is 0.311 e. The van der Waals surface area contributed by atoms with Crippen LogP contribution in [0, 0.1) is 0 Å². The molecule has 0 radical (unpaired) electrons. The highest BCUT2D eigenvalue weighted by Gasteiger charge is 2.40. The van der Waals surface area contributed by atoms with E-state index in [0.717, 1.165) is 37.4 Å². The fourth-order valence-corrected chi connectivity index (χ4v) is 2.63. The van der Waals surface area contributed by atoms with Gasteiger partial charge in [0, 0.05) is 17.5 Å². The number of nitrogens with one attached hydrogen (secondary N) is 1. The molecule has 1 nitrogen and oxygen atoms in total. The third-order valence-corrected chi connectivity index (χ3v) is 4.07. The minimum atomic E-state index is -4.27. The van der Waals surface area contributed by atoms with Crippen LogP contribution in [-0.4, -0.2) is 12.1 Å². The second-order valence-electron chi connectivity index (χ2n) is 6.82. The maximum atomic E-state index is 12.8. The second-order valence-corrected chi connectivity index (χ2v) is 6.82. The molecule has 0 aromatic heterocycles. The van der Waals surface area contributed by atoms with Crippen molar-refractivity contribution in [1.82, 2.24) is 5.32 Å². The van der Waals surface area contributed by atoms with Gasteiger partial charge in [-0.2, -0.15) is 13.2 Å². The maximum Gasteiger partial charge on any atom is 0.416 e. The van der Waals surface area contributed by atoms with Crippen molar-refractivity contribution in [1.29, 1.82) is 0 Å². The van der Waals surface area contributed by atoms with E-state index in [4.69, 9.17) is 0 Å². The summed E-state index contributed by atoms with van der Waals surface area (Å²) in [6, 6.07) is 5.82. The van der Waals surface area contributed by atoms with E-state index in [-0.39, 0.29) is 11.0 Å². The Morgan fingerprint density at radius 3 is 2.25 bits per heavy atom. The highest BCUT2D eigenvalue weighted by molar-refractivity contribution is 5.34. The number of benzene rings is 1. The van der Waals surface area contributed by atoms with Gasteiger partial charge in [-0.15, -0.1) is 0 Å². The average Bonchev–Trinajstić information content (AvgIpc) is 2.25. The summed E-state index contributed by atoms with van der Waals surface area (Å²) in [5.41, 5.74) is 0.117. The third-order valence-electron chi connectivity index (χ3n) is 4.07. The average molecular weight is 285 g/mol. The van der Waals surface area contributed by atoms with Gasteiger partial charge in [-0.1, -0.05) is 24.6 Å².